The Morgan fingerprint density at radius 1 is 1.00 bits per heavy atom. The van der Waals surface area contributed by atoms with Crippen LogP contribution in [-0.4, -0.2) is 12.1 Å². The third kappa shape index (κ3) is 4.54. The highest BCUT2D eigenvalue weighted by molar-refractivity contribution is 5.77. The second kappa shape index (κ2) is 7.70. The third-order valence-corrected chi connectivity index (χ3v) is 3.54. The summed E-state index contributed by atoms with van der Waals surface area (Å²) in [6.45, 7) is 4.22. The van der Waals surface area contributed by atoms with Crippen LogP contribution in [0.5, 0.6) is 0 Å². The molecule has 0 aliphatic carbocycles. The Kier molecular flexibility index (Phi) is 6.51. The average molecular weight is 226 g/mol. The van der Waals surface area contributed by atoms with E-state index in [1.807, 2.05) is 6.92 Å². The molecule has 0 aromatic heterocycles. The van der Waals surface area contributed by atoms with Crippen molar-refractivity contribution < 1.29 is 9.53 Å². The van der Waals surface area contributed by atoms with Gasteiger partial charge in [0.2, 0.25) is 0 Å². The van der Waals surface area contributed by atoms with Crippen molar-refractivity contribution in [1.29, 1.82) is 0 Å². The largest absolute Gasteiger partial charge is 0.461 e. The zero-order chi connectivity index (χ0) is 11.8. The Morgan fingerprint density at radius 3 is 2.06 bits per heavy atom. The smallest absolute Gasteiger partial charge is 0.312 e. The van der Waals surface area contributed by atoms with Crippen LogP contribution in [0.15, 0.2) is 0 Å². The lowest BCUT2D eigenvalue weighted by molar-refractivity contribution is -0.183. The summed E-state index contributed by atoms with van der Waals surface area (Å²) < 4.78 is 5.07. The zero-order valence-electron chi connectivity index (χ0n) is 10.8. The molecule has 0 saturated carbocycles. The highest BCUT2D eigenvalue weighted by atomic mass is 16.6. The number of ether oxygens (including phenoxy) is 1. The molecule has 0 unspecified atom stereocenters. The molecular formula is C14H26O2. The first-order valence-electron chi connectivity index (χ1n) is 6.96. The molecule has 0 radical (unpaired) electrons. The quantitative estimate of drug-likeness (QED) is 0.437. The van der Waals surface area contributed by atoms with Gasteiger partial charge in [0.1, 0.15) is 6.10 Å². The lowest BCUT2D eigenvalue weighted by Gasteiger charge is -2.32. The van der Waals surface area contributed by atoms with Gasteiger partial charge in [0, 0.05) is 0 Å². The van der Waals surface area contributed by atoms with E-state index in [4.69, 9.17) is 4.74 Å². The molecule has 16 heavy (non-hydrogen) atoms. The predicted molar refractivity (Wildman–Crippen MR) is 66.3 cm³/mol. The summed E-state index contributed by atoms with van der Waals surface area (Å²) in [7, 11) is 0. The van der Waals surface area contributed by atoms with Gasteiger partial charge < -0.3 is 4.74 Å². The van der Waals surface area contributed by atoms with Crippen LogP contribution < -0.4 is 0 Å². The predicted octanol–water partition coefficient (Wildman–Crippen LogP) is 4.08. The molecule has 0 bridgehead atoms. The molecule has 0 aromatic carbocycles. The van der Waals surface area contributed by atoms with E-state index in [1.165, 1.54) is 51.4 Å². The van der Waals surface area contributed by atoms with Gasteiger partial charge in [0.25, 0.3) is 0 Å². The molecule has 1 saturated heterocycles. The SMILES string of the molecule is CCCCCCCCCC[C@@H]1OC(=O)[C@H]1C. The van der Waals surface area contributed by atoms with Gasteiger partial charge >= 0.3 is 5.97 Å². The summed E-state index contributed by atoms with van der Waals surface area (Å²) in [6, 6.07) is 0. The number of esters is 1. The Labute approximate surface area is 99.8 Å². The second-order valence-corrected chi connectivity index (χ2v) is 5.03. The summed E-state index contributed by atoms with van der Waals surface area (Å²) >= 11 is 0. The van der Waals surface area contributed by atoms with Crippen LogP contribution in [0.4, 0.5) is 0 Å². The zero-order valence-corrected chi connectivity index (χ0v) is 10.8. The molecule has 0 amide bonds. The molecule has 2 atom stereocenters. The lowest BCUT2D eigenvalue weighted by atomic mass is 9.94. The normalized spacial score (nSPS) is 24.0. The summed E-state index contributed by atoms with van der Waals surface area (Å²) in [6.07, 6.45) is 12.0. The van der Waals surface area contributed by atoms with Gasteiger partial charge in [-0.15, -0.1) is 0 Å². The Hall–Kier alpha value is -0.530. The van der Waals surface area contributed by atoms with E-state index in [9.17, 15) is 4.79 Å². The first-order chi connectivity index (χ1) is 7.75. The van der Waals surface area contributed by atoms with E-state index in [1.54, 1.807) is 0 Å². The average Bonchev–Trinajstić information content (AvgIpc) is 2.30. The first kappa shape index (κ1) is 13.5. The van der Waals surface area contributed by atoms with Crippen molar-refractivity contribution in [1.82, 2.24) is 0 Å². The topological polar surface area (TPSA) is 26.3 Å². The van der Waals surface area contributed by atoms with Gasteiger partial charge in [0.05, 0.1) is 5.92 Å². The number of carbonyl (C=O) groups is 1. The van der Waals surface area contributed by atoms with Gasteiger partial charge in [-0.1, -0.05) is 51.9 Å². The van der Waals surface area contributed by atoms with Crippen molar-refractivity contribution in [3.8, 4) is 0 Å². The molecule has 2 heteroatoms. The number of unbranched alkanes of at least 4 members (excludes halogenated alkanes) is 7. The van der Waals surface area contributed by atoms with E-state index in [0.29, 0.717) is 0 Å². The number of cyclic esters (lactones) is 1. The summed E-state index contributed by atoms with van der Waals surface area (Å²) in [4.78, 5) is 10.9. The van der Waals surface area contributed by atoms with Gasteiger partial charge in [-0.05, 0) is 19.8 Å². The van der Waals surface area contributed by atoms with Crippen LogP contribution in [0.25, 0.3) is 0 Å². The van der Waals surface area contributed by atoms with Crippen LogP contribution in [-0.2, 0) is 9.53 Å². The first-order valence-corrected chi connectivity index (χ1v) is 6.96. The fourth-order valence-corrected chi connectivity index (χ4v) is 2.23. The molecule has 2 nitrogen and oxygen atoms in total. The van der Waals surface area contributed by atoms with Crippen LogP contribution in [0.1, 0.15) is 71.6 Å². The maximum absolute atomic E-state index is 10.9. The van der Waals surface area contributed by atoms with Crippen molar-refractivity contribution in [3.63, 3.8) is 0 Å². The molecule has 0 aromatic rings. The molecule has 0 spiro atoms. The van der Waals surface area contributed by atoms with Gasteiger partial charge in [0.15, 0.2) is 0 Å². The molecule has 1 aliphatic heterocycles. The highest BCUT2D eigenvalue weighted by Crippen LogP contribution is 2.26. The molecule has 0 N–H and O–H groups in total. The van der Waals surface area contributed by atoms with Gasteiger partial charge in [-0.25, -0.2) is 0 Å². The van der Waals surface area contributed by atoms with Crippen molar-refractivity contribution in [2.24, 2.45) is 5.92 Å². The van der Waals surface area contributed by atoms with Gasteiger partial charge in [-0.3, -0.25) is 4.79 Å². The van der Waals surface area contributed by atoms with Crippen LogP contribution in [0.3, 0.4) is 0 Å². The minimum atomic E-state index is -0.00966. The molecular weight excluding hydrogens is 200 g/mol. The highest BCUT2D eigenvalue weighted by Gasteiger charge is 2.37. The van der Waals surface area contributed by atoms with Crippen LogP contribution in [0.2, 0.25) is 0 Å². The van der Waals surface area contributed by atoms with Crippen LogP contribution in [0, 0.1) is 5.92 Å². The fourth-order valence-electron chi connectivity index (χ4n) is 2.23. The van der Waals surface area contributed by atoms with Crippen LogP contribution >= 0.6 is 0 Å². The fraction of sp³-hybridized carbons (Fsp3) is 0.929. The van der Waals surface area contributed by atoms with Crippen molar-refractivity contribution >= 4 is 5.97 Å². The number of carbonyl (C=O) groups excluding carboxylic acids is 1. The van der Waals surface area contributed by atoms with E-state index >= 15 is 0 Å². The standard InChI is InChI=1S/C14H26O2/c1-3-4-5-6-7-8-9-10-11-13-12(2)14(15)16-13/h12-13H,3-11H2,1-2H3/t12-,13-/m0/s1. The number of hydrogen-bond donors (Lipinski definition) is 0. The van der Waals surface area contributed by atoms with Crippen molar-refractivity contribution in [3.05, 3.63) is 0 Å². The molecule has 1 rings (SSSR count). The number of hydrogen-bond acceptors (Lipinski definition) is 2. The van der Waals surface area contributed by atoms with E-state index < -0.39 is 0 Å². The third-order valence-electron chi connectivity index (χ3n) is 3.54. The monoisotopic (exact) mass is 226 g/mol. The molecule has 94 valence electrons. The van der Waals surface area contributed by atoms with Crippen molar-refractivity contribution in [2.75, 3.05) is 0 Å². The minimum Gasteiger partial charge on any atom is -0.461 e. The number of rotatable bonds is 9. The second-order valence-electron chi connectivity index (χ2n) is 5.03. The van der Waals surface area contributed by atoms with E-state index in [2.05, 4.69) is 6.92 Å². The summed E-state index contributed by atoms with van der Waals surface area (Å²) in [5.74, 6) is 0.147. The minimum absolute atomic E-state index is 0.00966. The molecule has 1 aliphatic rings. The summed E-state index contributed by atoms with van der Waals surface area (Å²) in [5.41, 5.74) is 0. The maximum atomic E-state index is 10.9. The maximum Gasteiger partial charge on any atom is 0.312 e. The van der Waals surface area contributed by atoms with Crippen molar-refractivity contribution in [2.45, 2.75) is 77.7 Å². The molecule has 1 fully saturated rings. The Morgan fingerprint density at radius 2 is 1.56 bits per heavy atom. The lowest BCUT2D eigenvalue weighted by Crippen LogP contribution is -2.42. The Balaban J connectivity index is 1.80. The van der Waals surface area contributed by atoms with Gasteiger partial charge in [-0.2, -0.15) is 0 Å². The van der Waals surface area contributed by atoms with E-state index in [0.717, 1.165) is 6.42 Å². The summed E-state index contributed by atoms with van der Waals surface area (Å²) in [5, 5.41) is 0. The van der Waals surface area contributed by atoms with E-state index in [-0.39, 0.29) is 18.0 Å². The Bertz CT molecular complexity index is 201. The molecule has 1 heterocycles.